The van der Waals surface area contributed by atoms with Gasteiger partial charge in [0.25, 0.3) is 6.71 Å². The van der Waals surface area contributed by atoms with E-state index in [1.807, 2.05) is 0 Å². The van der Waals surface area contributed by atoms with Crippen LogP contribution in [0.2, 0.25) is 0 Å². The minimum atomic E-state index is 0.0492. The summed E-state index contributed by atoms with van der Waals surface area (Å²) >= 11 is 0. The van der Waals surface area contributed by atoms with Gasteiger partial charge in [-0.2, -0.15) is 0 Å². The number of para-hydroxylation sites is 4. The van der Waals surface area contributed by atoms with Gasteiger partial charge in [-0.15, -0.1) is 0 Å². The van der Waals surface area contributed by atoms with Gasteiger partial charge in [0.1, 0.15) is 0 Å². The molecule has 0 unspecified atom stereocenters. The highest BCUT2D eigenvalue weighted by molar-refractivity contribution is 7.00. The molecule has 3 heterocycles. The Morgan fingerprint density at radius 2 is 0.827 bits per heavy atom. The largest absolute Gasteiger partial charge is 0.311 e. The zero-order valence-electron chi connectivity index (χ0n) is 28.4. The summed E-state index contributed by atoms with van der Waals surface area (Å²) in [5.74, 6) is 0. The van der Waals surface area contributed by atoms with Crippen LogP contribution in [0.15, 0.2) is 194 Å². The van der Waals surface area contributed by atoms with Crippen LogP contribution in [0.25, 0.3) is 38.6 Å². The monoisotopic (exact) mass is 661 g/mol. The molecule has 0 fully saturated rings. The van der Waals surface area contributed by atoms with Crippen molar-refractivity contribution in [1.29, 1.82) is 0 Å². The van der Waals surface area contributed by atoms with E-state index in [9.17, 15) is 0 Å². The van der Waals surface area contributed by atoms with Crippen LogP contribution < -0.4 is 26.2 Å². The molecule has 8 aromatic carbocycles. The first-order valence-corrected chi connectivity index (χ1v) is 18.0. The van der Waals surface area contributed by atoms with E-state index in [-0.39, 0.29) is 6.71 Å². The van der Waals surface area contributed by atoms with E-state index in [1.165, 1.54) is 72.1 Å². The Morgan fingerprint density at radius 1 is 0.327 bits per heavy atom. The number of anilines is 6. The van der Waals surface area contributed by atoms with Crippen molar-refractivity contribution in [3.05, 3.63) is 194 Å². The van der Waals surface area contributed by atoms with Crippen LogP contribution in [0.3, 0.4) is 0 Å². The second-order valence-electron chi connectivity index (χ2n) is 13.7. The summed E-state index contributed by atoms with van der Waals surface area (Å²) in [6.07, 6.45) is 0. The number of aromatic nitrogens is 1. The van der Waals surface area contributed by atoms with Gasteiger partial charge in [0.2, 0.25) is 0 Å². The van der Waals surface area contributed by atoms with Crippen LogP contribution >= 0.6 is 0 Å². The van der Waals surface area contributed by atoms with Crippen molar-refractivity contribution in [2.45, 2.75) is 0 Å². The second kappa shape index (κ2) is 11.4. The van der Waals surface area contributed by atoms with E-state index < -0.39 is 0 Å². The fourth-order valence-electron chi connectivity index (χ4n) is 8.78. The van der Waals surface area contributed by atoms with Gasteiger partial charge >= 0.3 is 0 Å². The topological polar surface area (TPSA) is 11.4 Å². The lowest BCUT2D eigenvalue weighted by Crippen LogP contribution is -2.61. The smallest absolute Gasteiger partial charge is 0.252 e. The van der Waals surface area contributed by atoms with E-state index in [2.05, 4.69) is 208 Å². The van der Waals surface area contributed by atoms with Crippen molar-refractivity contribution in [2.24, 2.45) is 0 Å². The molecule has 1 aromatic heterocycles. The molecule has 0 amide bonds. The molecule has 52 heavy (non-hydrogen) atoms. The Morgan fingerprint density at radius 3 is 1.42 bits per heavy atom. The van der Waals surface area contributed by atoms with Crippen molar-refractivity contribution in [3.8, 4) is 16.8 Å². The Bertz CT molecular complexity index is 2760. The summed E-state index contributed by atoms with van der Waals surface area (Å²) in [4.78, 5) is 4.95. The summed E-state index contributed by atoms with van der Waals surface area (Å²) in [5.41, 5.74) is 17.1. The quantitative estimate of drug-likeness (QED) is 0.174. The number of rotatable bonds is 4. The Kier molecular flexibility index (Phi) is 6.35. The summed E-state index contributed by atoms with van der Waals surface area (Å²) in [5, 5.41) is 2.53. The maximum Gasteiger partial charge on any atom is 0.252 e. The Hall–Kier alpha value is -6.78. The molecule has 9 aromatic rings. The molecule has 0 spiro atoms. The van der Waals surface area contributed by atoms with E-state index >= 15 is 0 Å². The molecule has 4 heteroatoms. The SMILES string of the molecule is c1ccc(-c2ccc3c(c2)N(c2ccccc2)c2cccc4c2B3c2ccc(-n3c5ccccc5c5ccccc53)cc2N4c2ccccc2)cc1. The third-order valence-electron chi connectivity index (χ3n) is 11.0. The maximum atomic E-state index is 2.48. The van der Waals surface area contributed by atoms with Crippen molar-refractivity contribution < 1.29 is 0 Å². The molecule has 0 bridgehead atoms. The molecule has 0 saturated carbocycles. The predicted octanol–water partition coefficient (Wildman–Crippen LogP) is 10.5. The number of benzene rings is 8. The van der Waals surface area contributed by atoms with Crippen LogP contribution in [0.4, 0.5) is 34.1 Å². The summed E-state index contributed by atoms with van der Waals surface area (Å²) in [6, 6.07) is 71.0. The minimum Gasteiger partial charge on any atom is -0.311 e. The van der Waals surface area contributed by atoms with Gasteiger partial charge in [0, 0.05) is 50.6 Å². The molecular formula is C48H32BN3. The first kappa shape index (κ1) is 29.0. The molecule has 0 atom stereocenters. The predicted molar refractivity (Wildman–Crippen MR) is 220 cm³/mol. The van der Waals surface area contributed by atoms with Gasteiger partial charge < -0.3 is 14.4 Å². The average Bonchev–Trinajstić information content (AvgIpc) is 3.56. The van der Waals surface area contributed by atoms with Crippen LogP contribution in [0.5, 0.6) is 0 Å². The van der Waals surface area contributed by atoms with E-state index in [0.717, 1.165) is 17.1 Å². The lowest BCUT2D eigenvalue weighted by atomic mass is 9.33. The molecule has 0 radical (unpaired) electrons. The Balaban J connectivity index is 1.21. The summed E-state index contributed by atoms with van der Waals surface area (Å²) in [7, 11) is 0. The van der Waals surface area contributed by atoms with Gasteiger partial charge in [0.05, 0.1) is 11.0 Å². The van der Waals surface area contributed by atoms with Gasteiger partial charge in [-0.05, 0) is 94.2 Å². The molecular weight excluding hydrogens is 629 g/mol. The van der Waals surface area contributed by atoms with Crippen molar-refractivity contribution >= 4 is 79.0 Å². The lowest BCUT2D eigenvalue weighted by molar-refractivity contribution is 1.17. The number of nitrogens with zero attached hydrogens (tertiary/aromatic N) is 3. The highest BCUT2D eigenvalue weighted by Crippen LogP contribution is 2.45. The van der Waals surface area contributed by atoms with E-state index in [4.69, 9.17) is 0 Å². The van der Waals surface area contributed by atoms with E-state index in [1.54, 1.807) is 0 Å². The van der Waals surface area contributed by atoms with E-state index in [0.29, 0.717) is 0 Å². The summed E-state index contributed by atoms with van der Waals surface area (Å²) in [6.45, 7) is 0.0492. The highest BCUT2D eigenvalue weighted by atomic mass is 15.2. The molecule has 3 nitrogen and oxygen atoms in total. The van der Waals surface area contributed by atoms with Gasteiger partial charge in [-0.25, -0.2) is 0 Å². The molecule has 11 rings (SSSR count). The van der Waals surface area contributed by atoms with Crippen molar-refractivity contribution in [2.75, 3.05) is 9.80 Å². The highest BCUT2D eigenvalue weighted by Gasteiger charge is 2.43. The molecule has 242 valence electrons. The molecule has 2 aliphatic heterocycles. The third-order valence-corrected chi connectivity index (χ3v) is 11.0. The molecule has 0 saturated heterocycles. The fourth-order valence-corrected chi connectivity index (χ4v) is 8.78. The Labute approximate surface area is 303 Å². The average molecular weight is 662 g/mol. The first-order chi connectivity index (χ1) is 25.8. The molecule has 0 aliphatic carbocycles. The maximum absolute atomic E-state index is 2.48. The standard InChI is InChI=1S/C48H32BN3/c1-4-15-33(16-5-1)34-27-29-40-46(31-34)50(35-17-6-2-7-18-35)44-25-14-26-45-48(44)49(40)41-30-28-37(32-47(41)51(45)36-19-8-3-9-20-36)52-42-23-12-10-21-38(42)39-22-11-13-24-43(39)52/h1-32H. The van der Waals surface area contributed by atoms with Crippen molar-refractivity contribution in [3.63, 3.8) is 0 Å². The van der Waals surface area contributed by atoms with Crippen LogP contribution in [0.1, 0.15) is 0 Å². The number of hydrogen-bond donors (Lipinski definition) is 0. The van der Waals surface area contributed by atoms with Crippen molar-refractivity contribution in [1.82, 2.24) is 4.57 Å². The molecule has 0 N–H and O–H groups in total. The number of hydrogen-bond acceptors (Lipinski definition) is 2. The lowest BCUT2D eigenvalue weighted by Gasteiger charge is -2.44. The zero-order valence-corrected chi connectivity index (χ0v) is 28.4. The van der Waals surface area contributed by atoms with Gasteiger partial charge in [-0.1, -0.05) is 127 Å². The number of fused-ring (bicyclic) bond motifs is 7. The van der Waals surface area contributed by atoms with Crippen LogP contribution in [-0.2, 0) is 0 Å². The third kappa shape index (κ3) is 4.21. The van der Waals surface area contributed by atoms with Gasteiger partial charge in [-0.3, -0.25) is 0 Å². The second-order valence-corrected chi connectivity index (χ2v) is 13.7. The molecule has 2 aliphatic rings. The minimum absolute atomic E-state index is 0.0492. The van der Waals surface area contributed by atoms with Crippen LogP contribution in [0, 0.1) is 0 Å². The van der Waals surface area contributed by atoms with Crippen LogP contribution in [-0.4, -0.2) is 11.3 Å². The van der Waals surface area contributed by atoms with Gasteiger partial charge in [0.15, 0.2) is 0 Å². The summed E-state index contributed by atoms with van der Waals surface area (Å²) < 4.78 is 2.43. The zero-order chi connectivity index (χ0) is 34.2. The fraction of sp³-hybridized carbons (Fsp3) is 0. The first-order valence-electron chi connectivity index (χ1n) is 18.0. The normalized spacial score (nSPS) is 12.9.